The molecule has 0 aliphatic heterocycles. The molecule has 2 aromatic rings. The van der Waals surface area contributed by atoms with Crippen molar-refractivity contribution in [2.45, 2.75) is 110 Å². The van der Waals surface area contributed by atoms with E-state index in [4.69, 9.17) is 4.43 Å². The number of phenols is 1. The molecule has 0 saturated heterocycles. The van der Waals surface area contributed by atoms with Crippen molar-refractivity contribution in [2.24, 2.45) is 5.92 Å². The van der Waals surface area contributed by atoms with Crippen LogP contribution in [-0.2, 0) is 28.7 Å². The molecule has 0 bridgehead atoms. The Hall–Kier alpha value is -2.19. The summed E-state index contributed by atoms with van der Waals surface area (Å²) in [4.78, 5) is 14.9. The lowest BCUT2D eigenvalue weighted by atomic mass is 9.89. The lowest BCUT2D eigenvalue weighted by Gasteiger charge is -2.40. The fraction of sp³-hybridized carbons (Fsp3) is 0.618. The molecule has 0 unspecified atom stereocenters. The number of aliphatic hydroxyl groups excluding tert-OH is 1. The summed E-state index contributed by atoms with van der Waals surface area (Å²) in [5.41, 5.74) is 3.73. The molecule has 3 rings (SSSR count). The first kappa shape index (κ1) is 33.3. The molecule has 1 saturated carbocycles. The summed E-state index contributed by atoms with van der Waals surface area (Å²) in [6.45, 7) is 14.6. The minimum Gasteiger partial charge on any atom is -0.508 e. The van der Waals surface area contributed by atoms with E-state index in [9.17, 15) is 15.0 Å². The molecule has 1 aliphatic carbocycles. The third-order valence-corrected chi connectivity index (χ3v) is 13.6. The Morgan fingerprint density at radius 3 is 2.44 bits per heavy atom. The predicted molar refractivity (Wildman–Crippen MR) is 171 cm³/mol. The largest absolute Gasteiger partial charge is 0.508 e. The summed E-state index contributed by atoms with van der Waals surface area (Å²) >= 11 is 0. The van der Waals surface area contributed by atoms with Gasteiger partial charge in [-0.05, 0) is 79.1 Å². The van der Waals surface area contributed by atoms with Gasteiger partial charge in [-0.25, -0.2) is 0 Å². The third kappa shape index (κ3) is 9.95. The average Bonchev–Trinajstić information content (AvgIpc) is 2.91. The Kier molecular flexibility index (Phi) is 12.0. The van der Waals surface area contributed by atoms with Gasteiger partial charge in [0.2, 0.25) is 5.91 Å². The second kappa shape index (κ2) is 14.8. The van der Waals surface area contributed by atoms with Crippen molar-refractivity contribution in [1.82, 2.24) is 10.2 Å². The van der Waals surface area contributed by atoms with E-state index in [2.05, 4.69) is 70.4 Å². The highest BCUT2D eigenvalue weighted by Gasteiger charge is 2.39. The molecule has 3 N–H and O–H groups in total. The maximum Gasteiger partial charge on any atom is 0.226 e. The van der Waals surface area contributed by atoms with Gasteiger partial charge in [0.1, 0.15) is 5.75 Å². The molecule has 228 valence electrons. The zero-order valence-electron chi connectivity index (χ0n) is 26.5. The minimum atomic E-state index is -2.09. The number of benzene rings is 2. The summed E-state index contributed by atoms with van der Waals surface area (Å²) in [6, 6.07) is 14.0. The minimum absolute atomic E-state index is 0.0515. The molecule has 1 amide bonds. The average molecular weight is 583 g/mol. The number of likely N-dealkylation sites (N-methyl/N-ethyl adjacent to an activating group) is 1. The third-order valence-electron chi connectivity index (χ3n) is 9.11. The van der Waals surface area contributed by atoms with Crippen molar-refractivity contribution in [3.63, 3.8) is 0 Å². The lowest BCUT2D eigenvalue weighted by Crippen LogP contribution is -2.44. The van der Waals surface area contributed by atoms with Crippen LogP contribution in [0.15, 0.2) is 42.5 Å². The van der Waals surface area contributed by atoms with Gasteiger partial charge in [-0.3, -0.25) is 4.79 Å². The van der Waals surface area contributed by atoms with E-state index in [0.29, 0.717) is 24.4 Å². The van der Waals surface area contributed by atoms with Crippen molar-refractivity contribution < 1.29 is 19.4 Å². The summed E-state index contributed by atoms with van der Waals surface area (Å²) in [7, 11) is -0.135. The number of nitrogens with zero attached hydrogens (tertiary/aromatic N) is 1. The van der Waals surface area contributed by atoms with E-state index in [1.165, 1.54) is 37.7 Å². The van der Waals surface area contributed by atoms with Crippen LogP contribution in [0.25, 0.3) is 0 Å². The van der Waals surface area contributed by atoms with Crippen LogP contribution in [0.4, 0.5) is 0 Å². The van der Waals surface area contributed by atoms with E-state index in [0.717, 1.165) is 24.1 Å². The Balaban J connectivity index is 1.62. The molecule has 0 heterocycles. The zero-order chi connectivity index (χ0) is 30.2. The Morgan fingerprint density at radius 1 is 1.10 bits per heavy atom. The second-order valence-corrected chi connectivity index (χ2v) is 18.5. The van der Waals surface area contributed by atoms with Crippen LogP contribution in [0.3, 0.4) is 0 Å². The number of hydrogen-bond acceptors (Lipinski definition) is 5. The Morgan fingerprint density at radius 2 is 1.78 bits per heavy atom. The molecule has 6 nitrogen and oxygen atoms in total. The molecule has 0 aromatic heterocycles. The first-order chi connectivity index (χ1) is 19.3. The van der Waals surface area contributed by atoms with E-state index in [1.54, 1.807) is 6.07 Å². The van der Waals surface area contributed by atoms with Crippen LogP contribution >= 0.6 is 0 Å². The fourth-order valence-corrected chi connectivity index (χ4v) is 6.75. The maximum absolute atomic E-state index is 13.0. The van der Waals surface area contributed by atoms with E-state index in [-0.39, 0.29) is 35.4 Å². The second-order valence-electron chi connectivity index (χ2n) is 13.7. The normalized spacial score (nSPS) is 16.4. The van der Waals surface area contributed by atoms with Crippen LogP contribution in [0, 0.1) is 5.92 Å². The summed E-state index contributed by atoms with van der Waals surface area (Å²) in [6.07, 6.45) is 7.49. The SMILES string of the molecule is C[C@H](Cc1cccc(CC(=O)N(C)CC2CCCCC2)c1)NC[C@@H](O[Si](C)(C)C(C)(C)C)c1ccc(O)c(CO)c1. The summed E-state index contributed by atoms with van der Waals surface area (Å²) < 4.78 is 6.84. The first-order valence-electron chi connectivity index (χ1n) is 15.4. The molecule has 0 radical (unpaired) electrons. The van der Waals surface area contributed by atoms with Crippen LogP contribution in [0.1, 0.15) is 88.2 Å². The molecule has 1 aliphatic rings. The number of rotatable bonds is 13. The summed E-state index contributed by atoms with van der Waals surface area (Å²) in [5, 5.41) is 23.6. The predicted octanol–water partition coefficient (Wildman–Crippen LogP) is 6.75. The number of carbonyl (C=O) groups excluding carboxylic acids is 1. The highest BCUT2D eigenvalue weighted by Crippen LogP contribution is 2.40. The number of aromatic hydroxyl groups is 1. The van der Waals surface area contributed by atoms with Gasteiger partial charge in [0.25, 0.3) is 0 Å². The van der Waals surface area contributed by atoms with Crippen molar-refractivity contribution in [1.29, 1.82) is 0 Å². The maximum atomic E-state index is 13.0. The topological polar surface area (TPSA) is 82.0 Å². The number of carbonyl (C=O) groups is 1. The fourth-order valence-electron chi connectivity index (χ4n) is 5.46. The molecule has 2 aromatic carbocycles. The van der Waals surface area contributed by atoms with Crippen molar-refractivity contribution in [3.8, 4) is 5.75 Å². The highest BCUT2D eigenvalue weighted by molar-refractivity contribution is 6.74. The zero-order valence-corrected chi connectivity index (χ0v) is 27.5. The van der Waals surface area contributed by atoms with Gasteiger partial charge in [-0.2, -0.15) is 0 Å². The van der Waals surface area contributed by atoms with Crippen LogP contribution in [0.5, 0.6) is 5.75 Å². The van der Waals surface area contributed by atoms with Crippen LogP contribution in [0.2, 0.25) is 18.1 Å². The van der Waals surface area contributed by atoms with Gasteiger partial charge in [-0.15, -0.1) is 0 Å². The smallest absolute Gasteiger partial charge is 0.226 e. The summed E-state index contributed by atoms with van der Waals surface area (Å²) in [5.74, 6) is 0.945. The van der Waals surface area contributed by atoms with Gasteiger partial charge in [0.15, 0.2) is 8.32 Å². The number of nitrogens with one attached hydrogen (secondary N) is 1. The first-order valence-corrected chi connectivity index (χ1v) is 18.4. The van der Waals surface area contributed by atoms with Crippen molar-refractivity contribution in [3.05, 3.63) is 64.7 Å². The molecular weight excluding hydrogens is 528 g/mol. The number of aliphatic hydroxyl groups is 1. The van der Waals surface area contributed by atoms with Gasteiger partial charge in [0.05, 0.1) is 19.1 Å². The van der Waals surface area contributed by atoms with E-state index < -0.39 is 8.32 Å². The molecule has 7 heteroatoms. The lowest BCUT2D eigenvalue weighted by molar-refractivity contribution is -0.129. The van der Waals surface area contributed by atoms with Crippen molar-refractivity contribution in [2.75, 3.05) is 20.1 Å². The standard InChI is InChI=1S/C34H54N2O4Si/c1-25(18-27-14-11-15-28(19-27)20-33(39)36(5)23-26-12-9-8-10-13-26)35-22-32(40-41(6,7)34(2,3)4)29-16-17-31(38)30(21-29)24-37/h11,14-17,19,21,25-26,32,35,37-38H,8-10,12-13,18,20,22-24H2,1-7H3/t25-,32-/m1/s1. The van der Waals surface area contributed by atoms with Gasteiger partial charge in [-0.1, -0.05) is 70.4 Å². The highest BCUT2D eigenvalue weighted by atomic mass is 28.4. The van der Waals surface area contributed by atoms with Crippen LogP contribution < -0.4 is 5.32 Å². The molecule has 2 atom stereocenters. The number of hydrogen-bond donors (Lipinski definition) is 3. The number of amides is 1. The van der Waals surface area contributed by atoms with Gasteiger partial charge < -0.3 is 24.9 Å². The monoisotopic (exact) mass is 582 g/mol. The van der Waals surface area contributed by atoms with E-state index >= 15 is 0 Å². The van der Waals surface area contributed by atoms with Crippen molar-refractivity contribution >= 4 is 14.2 Å². The Labute approximate surface area is 249 Å². The van der Waals surface area contributed by atoms with Gasteiger partial charge >= 0.3 is 0 Å². The Bertz CT molecular complexity index is 1120. The van der Waals surface area contributed by atoms with Crippen LogP contribution in [-0.4, -0.2) is 55.5 Å². The van der Waals surface area contributed by atoms with Gasteiger partial charge in [0, 0.05) is 31.7 Å². The molecule has 0 spiro atoms. The molecule has 1 fully saturated rings. The molecular formula is C34H54N2O4Si. The quantitative estimate of drug-likeness (QED) is 0.228. The molecule has 41 heavy (non-hydrogen) atoms. The van der Waals surface area contributed by atoms with E-state index in [1.807, 2.05) is 24.1 Å².